The van der Waals surface area contributed by atoms with Gasteiger partial charge >= 0.3 is 0 Å². The largest absolute Gasteiger partial charge is 0.493 e. The van der Waals surface area contributed by atoms with Crippen LogP contribution < -0.4 is 14.8 Å². The van der Waals surface area contributed by atoms with E-state index in [4.69, 9.17) is 9.47 Å². The first kappa shape index (κ1) is 19.4. The van der Waals surface area contributed by atoms with E-state index in [-0.39, 0.29) is 5.91 Å². The van der Waals surface area contributed by atoms with Gasteiger partial charge in [-0.15, -0.1) is 0 Å². The third-order valence-corrected chi connectivity index (χ3v) is 4.46. The van der Waals surface area contributed by atoms with Crippen LogP contribution in [0.25, 0.3) is 0 Å². The number of nitrogens with one attached hydrogen (secondary N) is 1. The van der Waals surface area contributed by atoms with Crippen LogP contribution in [0.3, 0.4) is 0 Å². The summed E-state index contributed by atoms with van der Waals surface area (Å²) in [5, 5.41) is 3.10. The number of piperazine rings is 1. The number of nitrogens with zero attached hydrogens (tertiary/aromatic N) is 4. The van der Waals surface area contributed by atoms with Gasteiger partial charge in [0.15, 0.2) is 11.5 Å². The fourth-order valence-corrected chi connectivity index (χ4v) is 2.97. The number of benzene rings is 1. The number of ether oxygens (including phenoxy) is 2. The summed E-state index contributed by atoms with van der Waals surface area (Å²) < 4.78 is 10.5. The molecule has 0 bridgehead atoms. The second kappa shape index (κ2) is 8.55. The SMILES string of the molecule is COc1ccc(Nc2nc(C)cc(C(=O)N3CCN(C=O)CC3)n2)cc1OC. The Balaban J connectivity index is 1.78. The molecular weight excluding hydrogens is 362 g/mol. The van der Waals surface area contributed by atoms with Crippen molar-refractivity contribution in [1.29, 1.82) is 0 Å². The van der Waals surface area contributed by atoms with Crippen molar-refractivity contribution in [2.45, 2.75) is 6.92 Å². The summed E-state index contributed by atoms with van der Waals surface area (Å²) in [5.41, 5.74) is 1.70. The smallest absolute Gasteiger partial charge is 0.272 e. The number of amides is 2. The molecule has 0 aliphatic carbocycles. The lowest BCUT2D eigenvalue weighted by Crippen LogP contribution is -2.48. The Bertz CT molecular complexity index is 865. The van der Waals surface area contributed by atoms with Crippen molar-refractivity contribution in [3.63, 3.8) is 0 Å². The average Bonchev–Trinajstić information content (AvgIpc) is 2.72. The molecule has 2 aromatic rings. The summed E-state index contributed by atoms with van der Waals surface area (Å²) in [6.45, 7) is 3.83. The standard InChI is InChI=1S/C19H23N5O4/c1-13-10-15(18(26)24-8-6-23(12-25)7-9-24)22-19(20-13)21-14-4-5-16(27-2)17(11-14)28-3/h4-5,10-12H,6-9H2,1-3H3,(H,20,21,22). The molecule has 1 aromatic carbocycles. The molecule has 1 fully saturated rings. The van der Waals surface area contributed by atoms with Gasteiger partial charge in [0.1, 0.15) is 5.69 Å². The van der Waals surface area contributed by atoms with Gasteiger partial charge in [-0.1, -0.05) is 0 Å². The zero-order valence-corrected chi connectivity index (χ0v) is 16.1. The number of rotatable bonds is 6. The molecule has 0 spiro atoms. The Kier molecular flexibility index (Phi) is 5.93. The minimum atomic E-state index is -0.175. The normalized spacial score (nSPS) is 13.8. The molecule has 28 heavy (non-hydrogen) atoms. The van der Waals surface area contributed by atoms with Crippen molar-refractivity contribution < 1.29 is 19.1 Å². The van der Waals surface area contributed by atoms with E-state index in [0.29, 0.717) is 60.7 Å². The molecule has 0 unspecified atom stereocenters. The van der Waals surface area contributed by atoms with E-state index in [1.54, 1.807) is 42.2 Å². The van der Waals surface area contributed by atoms with Crippen LogP contribution in [0.1, 0.15) is 16.2 Å². The Labute approximate surface area is 163 Å². The Hall–Kier alpha value is -3.36. The van der Waals surface area contributed by atoms with Crippen molar-refractivity contribution >= 4 is 24.0 Å². The minimum Gasteiger partial charge on any atom is -0.493 e. The Morgan fingerprint density at radius 1 is 1.07 bits per heavy atom. The van der Waals surface area contributed by atoms with Gasteiger partial charge in [0.05, 0.1) is 14.2 Å². The molecule has 3 rings (SSSR count). The Morgan fingerprint density at radius 3 is 2.43 bits per heavy atom. The lowest BCUT2D eigenvalue weighted by Gasteiger charge is -2.32. The predicted octanol–water partition coefficient (Wildman–Crippen LogP) is 1.46. The number of carbonyl (C=O) groups is 2. The van der Waals surface area contributed by atoms with Crippen molar-refractivity contribution in [3.05, 3.63) is 35.7 Å². The molecule has 1 aliphatic rings. The third-order valence-electron chi connectivity index (χ3n) is 4.46. The molecule has 2 heterocycles. The van der Waals surface area contributed by atoms with E-state index in [9.17, 15) is 9.59 Å². The number of carbonyl (C=O) groups excluding carboxylic acids is 2. The van der Waals surface area contributed by atoms with Gasteiger partial charge in [-0.25, -0.2) is 9.97 Å². The van der Waals surface area contributed by atoms with Crippen LogP contribution in [0.15, 0.2) is 24.3 Å². The van der Waals surface area contributed by atoms with Crippen LogP contribution >= 0.6 is 0 Å². The number of methoxy groups -OCH3 is 2. The number of anilines is 2. The van der Waals surface area contributed by atoms with Gasteiger partial charge < -0.3 is 24.6 Å². The lowest BCUT2D eigenvalue weighted by atomic mass is 10.2. The maximum Gasteiger partial charge on any atom is 0.272 e. The summed E-state index contributed by atoms with van der Waals surface area (Å²) >= 11 is 0. The van der Waals surface area contributed by atoms with Crippen LogP contribution in [0, 0.1) is 6.92 Å². The molecule has 1 saturated heterocycles. The molecule has 9 heteroatoms. The summed E-state index contributed by atoms with van der Waals surface area (Å²) in [4.78, 5) is 35.7. The van der Waals surface area contributed by atoms with Crippen LogP contribution in [0.5, 0.6) is 11.5 Å². The van der Waals surface area contributed by atoms with Crippen molar-refractivity contribution in [2.75, 3.05) is 45.7 Å². The van der Waals surface area contributed by atoms with E-state index in [0.717, 1.165) is 6.41 Å². The highest BCUT2D eigenvalue weighted by Gasteiger charge is 2.23. The topological polar surface area (TPSA) is 96.9 Å². The fourth-order valence-electron chi connectivity index (χ4n) is 2.97. The second-order valence-corrected chi connectivity index (χ2v) is 6.35. The molecule has 0 radical (unpaired) electrons. The van der Waals surface area contributed by atoms with E-state index < -0.39 is 0 Å². The average molecular weight is 385 g/mol. The van der Waals surface area contributed by atoms with Crippen LogP contribution in [-0.2, 0) is 4.79 Å². The maximum atomic E-state index is 12.8. The van der Waals surface area contributed by atoms with Gasteiger partial charge in [0.2, 0.25) is 12.4 Å². The molecule has 1 N–H and O–H groups in total. The number of hydrogen-bond acceptors (Lipinski definition) is 7. The minimum absolute atomic E-state index is 0.175. The van der Waals surface area contributed by atoms with E-state index >= 15 is 0 Å². The van der Waals surface area contributed by atoms with Crippen LogP contribution in [-0.4, -0.2) is 72.5 Å². The third kappa shape index (κ3) is 4.30. The summed E-state index contributed by atoms with van der Waals surface area (Å²) in [7, 11) is 3.13. The van der Waals surface area contributed by atoms with Gasteiger partial charge in [0.25, 0.3) is 5.91 Å². The highest BCUT2D eigenvalue weighted by atomic mass is 16.5. The number of hydrogen-bond donors (Lipinski definition) is 1. The zero-order valence-electron chi connectivity index (χ0n) is 16.1. The first-order valence-electron chi connectivity index (χ1n) is 8.87. The van der Waals surface area contributed by atoms with Crippen LogP contribution in [0.4, 0.5) is 11.6 Å². The summed E-state index contributed by atoms with van der Waals surface area (Å²) in [6.07, 6.45) is 0.807. The molecule has 2 amide bonds. The monoisotopic (exact) mass is 385 g/mol. The predicted molar refractivity (Wildman–Crippen MR) is 103 cm³/mol. The molecule has 1 aliphatic heterocycles. The fraction of sp³-hybridized carbons (Fsp3) is 0.368. The van der Waals surface area contributed by atoms with Gasteiger partial charge in [-0.05, 0) is 25.1 Å². The first-order chi connectivity index (χ1) is 13.5. The first-order valence-corrected chi connectivity index (χ1v) is 8.87. The molecular formula is C19H23N5O4. The maximum absolute atomic E-state index is 12.8. The van der Waals surface area contributed by atoms with Crippen molar-refractivity contribution in [3.8, 4) is 11.5 Å². The summed E-state index contributed by atoms with van der Waals surface area (Å²) in [6, 6.07) is 7.02. The zero-order chi connectivity index (χ0) is 20.1. The highest BCUT2D eigenvalue weighted by molar-refractivity contribution is 5.93. The number of aromatic nitrogens is 2. The van der Waals surface area contributed by atoms with Gasteiger partial charge in [-0.3, -0.25) is 9.59 Å². The molecule has 148 valence electrons. The lowest BCUT2D eigenvalue weighted by molar-refractivity contribution is -0.119. The Morgan fingerprint density at radius 2 is 1.79 bits per heavy atom. The van der Waals surface area contributed by atoms with Crippen LogP contribution in [0.2, 0.25) is 0 Å². The van der Waals surface area contributed by atoms with Crippen molar-refractivity contribution in [1.82, 2.24) is 19.8 Å². The van der Waals surface area contributed by atoms with Crippen molar-refractivity contribution in [2.24, 2.45) is 0 Å². The number of aryl methyl sites for hydroxylation is 1. The van der Waals surface area contributed by atoms with E-state index in [1.807, 2.05) is 13.0 Å². The van der Waals surface area contributed by atoms with E-state index in [1.165, 1.54) is 0 Å². The molecule has 1 aromatic heterocycles. The highest BCUT2D eigenvalue weighted by Crippen LogP contribution is 2.30. The van der Waals surface area contributed by atoms with E-state index in [2.05, 4.69) is 15.3 Å². The quantitative estimate of drug-likeness (QED) is 0.752. The molecule has 0 saturated carbocycles. The molecule has 0 atom stereocenters. The van der Waals surface area contributed by atoms with Gasteiger partial charge in [-0.2, -0.15) is 0 Å². The summed E-state index contributed by atoms with van der Waals surface area (Å²) in [5.74, 6) is 1.33. The van der Waals surface area contributed by atoms with Gasteiger partial charge in [0, 0.05) is 43.6 Å². The second-order valence-electron chi connectivity index (χ2n) is 6.35. The molecule has 9 nitrogen and oxygen atoms in total.